The Balaban J connectivity index is 1.97. The van der Waals surface area contributed by atoms with Crippen LogP contribution in [0.15, 0.2) is 12.4 Å². The molecule has 1 aromatic rings. The minimum absolute atomic E-state index is 0.270. The van der Waals surface area contributed by atoms with Crippen molar-refractivity contribution < 1.29 is 4.74 Å². The summed E-state index contributed by atoms with van der Waals surface area (Å²) in [5, 5.41) is 0. The van der Waals surface area contributed by atoms with Crippen molar-refractivity contribution in [2.45, 2.75) is 38.7 Å². The Morgan fingerprint density at radius 1 is 1.44 bits per heavy atom. The summed E-state index contributed by atoms with van der Waals surface area (Å²) < 4.78 is 5.80. The van der Waals surface area contributed by atoms with Crippen molar-refractivity contribution in [2.75, 3.05) is 5.43 Å². The van der Waals surface area contributed by atoms with Crippen LogP contribution in [0.3, 0.4) is 0 Å². The molecule has 1 fully saturated rings. The quantitative estimate of drug-likeness (QED) is 0.601. The second-order valence-electron chi connectivity index (χ2n) is 4.40. The SMILES string of the molecule is CC1CCCC(Oc2cncc(NN)n2)C1. The fraction of sp³-hybridized carbons (Fsp3) is 0.636. The second-order valence-corrected chi connectivity index (χ2v) is 4.40. The van der Waals surface area contributed by atoms with E-state index in [4.69, 9.17) is 10.6 Å². The minimum atomic E-state index is 0.270. The van der Waals surface area contributed by atoms with Crippen LogP contribution in [0, 0.1) is 5.92 Å². The van der Waals surface area contributed by atoms with Gasteiger partial charge in [0.25, 0.3) is 0 Å². The van der Waals surface area contributed by atoms with Crippen LogP contribution in [0.1, 0.15) is 32.6 Å². The van der Waals surface area contributed by atoms with E-state index < -0.39 is 0 Å². The van der Waals surface area contributed by atoms with Crippen molar-refractivity contribution >= 4 is 5.82 Å². The van der Waals surface area contributed by atoms with Crippen molar-refractivity contribution in [3.8, 4) is 5.88 Å². The molecular formula is C11H18N4O. The third-order valence-electron chi connectivity index (χ3n) is 2.94. The Morgan fingerprint density at radius 3 is 3.06 bits per heavy atom. The molecule has 0 aliphatic heterocycles. The van der Waals surface area contributed by atoms with Crippen LogP contribution in [0.2, 0.25) is 0 Å². The summed E-state index contributed by atoms with van der Waals surface area (Å²) in [6.07, 6.45) is 8.19. The lowest BCUT2D eigenvalue weighted by molar-refractivity contribution is 0.123. The fourth-order valence-electron chi connectivity index (χ4n) is 2.13. The molecule has 16 heavy (non-hydrogen) atoms. The summed E-state index contributed by atoms with van der Waals surface area (Å²) in [6.45, 7) is 2.26. The van der Waals surface area contributed by atoms with Crippen LogP contribution in [0.5, 0.6) is 5.88 Å². The molecule has 0 radical (unpaired) electrons. The highest BCUT2D eigenvalue weighted by Gasteiger charge is 2.20. The highest BCUT2D eigenvalue weighted by atomic mass is 16.5. The summed E-state index contributed by atoms with van der Waals surface area (Å²) >= 11 is 0. The molecule has 0 saturated heterocycles. The van der Waals surface area contributed by atoms with E-state index in [1.807, 2.05) is 0 Å². The van der Waals surface area contributed by atoms with E-state index in [0.717, 1.165) is 18.8 Å². The van der Waals surface area contributed by atoms with Crippen LogP contribution >= 0.6 is 0 Å². The zero-order valence-electron chi connectivity index (χ0n) is 9.52. The van der Waals surface area contributed by atoms with Crippen LogP contribution in [-0.4, -0.2) is 16.1 Å². The summed E-state index contributed by atoms with van der Waals surface area (Å²) in [7, 11) is 0. The lowest BCUT2D eigenvalue weighted by Gasteiger charge is -2.26. The highest BCUT2D eigenvalue weighted by Crippen LogP contribution is 2.26. The number of hydrazine groups is 1. The maximum atomic E-state index is 5.80. The van der Waals surface area contributed by atoms with Gasteiger partial charge in [-0.15, -0.1) is 0 Å². The van der Waals surface area contributed by atoms with Gasteiger partial charge in [0, 0.05) is 0 Å². The zero-order valence-corrected chi connectivity index (χ0v) is 9.52. The van der Waals surface area contributed by atoms with Crippen LogP contribution < -0.4 is 16.0 Å². The standard InChI is InChI=1S/C11H18N4O/c1-8-3-2-4-9(5-8)16-11-7-13-6-10(14-11)15-12/h6-9H,2-5,12H2,1H3,(H,14,15). The second kappa shape index (κ2) is 5.12. The number of hydrogen-bond donors (Lipinski definition) is 2. The molecule has 1 heterocycles. The Hall–Kier alpha value is -1.36. The largest absolute Gasteiger partial charge is 0.473 e. The Morgan fingerprint density at radius 2 is 2.31 bits per heavy atom. The molecule has 1 aliphatic rings. The molecule has 88 valence electrons. The van der Waals surface area contributed by atoms with E-state index >= 15 is 0 Å². The molecule has 0 spiro atoms. The van der Waals surface area contributed by atoms with Gasteiger partial charge in [-0.1, -0.05) is 13.3 Å². The number of aromatic nitrogens is 2. The molecule has 2 unspecified atom stereocenters. The topological polar surface area (TPSA) is 73.1 Å². The fourth-order valence-corrected chi connectivity index (χ4v) is 2.13. The van der Waals surface area contributed by atoms with Gasteiger partial charge in [-0.3, -0.25) is 4.98 Å². The molecule has 0 bridgehead atoms. The number of ether oxygens (including phenoxy) is 1. The third-order valence-corrected chi connectivity index (χ3v) is 2.94. The van der Waals surface area contributed by atoms with Crippen molar-refractivity contribution in [3.05, 3.63) is 12.4 Å². The van der Waals surface area contributed by atoms with E-state index in [1.165, 1.54) is 12.8 Å². The number of nitrogen functional groups attached to an aromatic ring is 1. The molecule has 2 atom stereocenters. The van der Waals surface area contributed by atoms with Gasteiger partial charge in [0.2, 0.25) is 5.88 Å². The van der Waals surface area contributed by atoms with Gasteiger partial charge in [0.1, 0.15) is 6.10 Å². The first kappa shape index (κ1) is 11.1. The number of nitrogens with two attached hydrogens (primary N) is 1. The van der Waals surface area contributed by atoms with Gasteiger partial charge in [-0.05, 0) is 25.2 Å². The van der Waals surface area contributed by atoms with E-state index in [-0.39, 0.29) is 6.10 Å². The Kier molecular flexibility index (Phi) is 3.56. The first-order chi connectivity index (χ1) is 7.78. The van der Waals surface area contributed by atoms with E-state index in [0.29, 0.717) is 11.7 Å². The first-order valence-corrected chi connectivity index (χ1v) is 5.73. The Bertz CT molecular complexity index is 345. The molecular weight excluding hydrogens is 204 g/mol. The number of nitrogens with one attached hydrogen (secondary N) is 1. The third kappa shape index (κ3) is 2.82. The van der Waals surface area contributed by atoms with Crippen LogP contribution in [0.25, 0.3) is 0 Å². The smallest absolute Gasteiger partial charge is 0.234 e. The molecule has 0 amide bonds. The normalized spacial score (nSPS) is 25.1. The number of anilines is 1. The van der Waals surface area contributed by atoms with Gasteiger partial charge < -0.3 is 10.2 Å². The van der Waals surface area contributed by atoms with Crippen molar-refractivity contribution in [1.29, 1.82) is 0 Å². The predicted molar refractivity (Wildman–Crippen MR) is 61.9 cm³/mol. The summed E-state index contributed by atoms with van der Waals surface area (Å²) in [4.78, 5) is 8.20. The first-order valence-electron chi connectivity index (χ1n) is 5.73. The molecule has 5 heteroatoms. The lowest BCUT2D eigenvalue weighted by Crippen LogP contribution is -2.24. The molecule has 5 nitrogen and oxygen atoms in total. The maximum absolute atomic E-state index is 5.80. The lowest BCUT2D eigenvalue weighted by atomic mass is 9.89. The van der Waals surface area contributed by atoms with Crippen molar-refractivity contribution in [1.82, 2.24) is 9.97 Å². The van der Waals surface area contributed by atoms with Crippen molar-refractivity contribution in [3.63, 3.8) is 0 Å². The van der Waals surface area contributed by atoms with Gasteiger partial charge in [-0.2, -0.15) is 4.98 Å². The summed E-state index contributed by atoms with van der Waals surface area (Å²) in [6, 6.07) is 0. The molecule has 2 rings (SSSR count). The van der Waals surface area contributed by atoms with E-state index in [9.17, 15) is 0 Å². The average Bonchev–Trinajstić information content (AvgIpc) is 2.29. The minimum Gasteiger partial charge on any atom is -0.473 e. The van der Waals surface area contributed by atoms with Crippen molar-refractivity contribution in [2.24, 2.45) is 11.8 Å². The Labute approximate surface area is 95.4 Å². The molecule has 0 aromatic carbocycles. The molecule has 1 saturated carbocycles. The van der Waals surface area contributed by atoms with E-state index in [2.05, 4.69) is 22.3 Å². The van der Waals surface area contributed by atoms with Gasteiger partial charge in [0.05, 0.1) is 12.4 Å². The molecule has 3 N–H and O–H groups in total. The molecule has 1 aromatic heterocycles. The van der Waals surface area contributed by atoms with Crippen LogP contribution in [-0.2, 0) is 0 Å². The zero-order chi connectivity index (χ0) is 11.4. The number of nitrogens with zero attached hydrogens (tertiary/aromatic N) is 2. The molecule has 1 aliphatic carbocycles. The average molecular weight is 222 g/mol. The van der Waals surface area contributed by atoms with Gasteiger partial charge >= 0.3 is 0 Å². The van der Waals surface area contributed by atoms with Crippen LogP contribution in [0.4, 0.5) is 5.82 Å². The summed E-state index contributed by atoms with van der Waals surface area (Å²) in [5.74, 6) is 7.08. The summed E-state index contributed by atoms with van der Waals surface area (Å²) in [5.41, 5.74) is 2.46. The van der Waals surface area contributed by atoms with Gasteiger partial charge in [-0.25, -0.2) is 5.84 Å². The van der Waals surface area contributed by atoms with Gasteiger partial charge in [0.15, 0.2) is 5.82 Å². The highest BCUT2D eigenvalue weighted by molar-refractivity contribution is 5.31. The maximum Gasteiger partial charge on any atom is 0.234 e. The predicted octanol–water partition coefficient (Wildman–Crippen LogP) is 1.72. The number of rotatable bonds is 3. The monoisotopic (exact) mass is 222 g/mol. The van der Waals surface area contributed by atoms with E-state index in [1.54, 1.807) is 12.4 Å². The number of hydrogen-bond acceptors (Lipinski definition) is 5.